The predicted octanol–water partition coefficient (Wildman–Crippen LogP) is 5.03. The van der Waals surface area contributed by atoms with Gasteiger partial charge in [-0.3, -0.25) is 14.0 Å². The number of benzene rings is 2. The second-order valence-electron chi connectivity index (χ2n) is 6.75. The Morgan fingerprint density at radius 2 is 1.82 bits per heavy atom. The number of aromatic nitrogens is 3. The van der Waals surface area contributed by atoms with Gasteiger partial charge in [0.05, 0.1) is 28.6 Å². The fourth-order valence-electron chi connectivity index (χ4n) is 2.98. The molecule has 0 spiro atoms. The number of pyridine rings is 1. The normalized spacial score (nSPS) is 10.8. The SMILES string of the molecule is COc1ccccc1NC(=O)c1ccc(NC(=O)CSc2nnc3c(Cl)cc(Cl)cn23)cc1. The first-order chi connectivity index (χ1) is 15.9. The standard InChI is InChI=1S/C22H17Cl2N5O3S/c1-32-18-5-3-2-4-17(18)26-21(31)13-6-8-15(9-7-13)25-19(30)12-33-22-28-27-20-16(24)10-14(23)11-29(20)22/h2-11H,12H2,1H3,(H,25,30)(H,26,31). The molecule has 0 aliphatic rings. The number of rotatable bonds is 7. The second kappa shape index (κ2) is 10.1. The zero-order chi connectivity index (χ0) is 23.4. The van der Waals surface area contributed by atoms with Crippen molar-refractivity contribution in [3.8, 4) is 5.75 Å². The highest BCUT2D eigenvalue weighted by Crippen LogP contribution is 2.26. The van der Waals surface area contributed by atoms with Crippen molar-refractivity contribution in [3.05, 3.63) is 76.4 Å². The number of fused-ring (bicyclic) bond motifs is 1. The van der Waals surface area contributed by atoms with Crippen molar-refractivity contribution in [2.45, 2.75) is 5.16 Å². The Morgan fingerprint density at radius 3 is 2.58 bits per heavy atom. The Balaban J connectivity index is 1.35. The average molecular weight is 502 g/mol. The molecule has 0 fully saturated rings. The number of carbonyl (C=O) groups excluding carboxylic acids is 2. The van der Waals surface area contributed by atoms with Crippen molar-refractivity contribution >= 4 is 63.8 Å². The van der Waals surface area contributed by atoms with Crippen molar-refractivity contribution in [3.63, 3.8) is 0 Å². The van der Waals surface area contributed by atoms with E-state index in [1.165, 1.54) is 18.9 Å². The van der Waals surface area contributed by atoms with Crippen LogP contribution < -0.4 is 15.4 Å². The van der Waals surface area contributed by atoms with Gasteiger partial charge in [0.25, 0.3) is 5.91 Å². The lowest BCUT2D eigenvalue weighted by Gasteiger charge is -2.10. The molecule has 0 saturated heterocycles. The number of hydrogen-bond donors (Lipinski definition) is 2. The molecule has 4 rings (SSSR count). The highest BCUT2D eigenvalue weighted by Gasteiger charge is 2.13. The van der Waals surface area contributed by atoms with Crippen LogP contribution in [0.4, 0.5) is 11.4 Å². The van der Waals surface area contributed by atoms with Crippen LogP contribution in [0.1, 0.15) is 10.4 Å². The van der Waals surface area contributed by atoms with Gasteiger partial charge in [-0.25, -0.2) is 0 Å². The molecule has 2 aromatic carbocycles. The Labute approximate surface area is 203 Å². The van der Waals surface area contributed by atoms with E-state index in [0.717, 1.165) is 0 Å². The third-order valence-electron chi connectivity index (χ3n) is 4.51. The Kier molecular flexibility index (Phi) is 7.02. The van der Waals surface area contributed by atoms with E-state index in [0.29, 0.717) is 43.5 Å². The van der Waals surface area contributed by atoms with Gasteiger partial charge in [-0.1, -0.05) is 47.1 Å². The molecule has 0 aliphatic carbocycles. The molecule has 11 heteroatoms. The van der Waals surface area contributed by atoms with Gasteiger partial charge in [-0.05, 0) is 42.5 Å². The fourth-order valence-corrected chi connectivity index (χ4v) is 4.19. The molecule has 168 valence electrons. The van der Waals surface area contributed by atoms with Crippen LogP contribution in [0.25, 0.3) is 5.65 Å². The quantitative estimate of drug-likeness (QED) is 0.344. The van der Waals surface area contributed by atoms with E-state index in [1.54, 1.807) is 59.1 Å². The minimum absolute atomic E-state index is 0.0982. The van der Waals surface area contributed by atoms with E-state index in [1.807, 2.05) is 6.07 Å². The van der Waals surface area contributed by atoms with Gasteiger partial charge < -0.3 is 15.4 Å². The molecular formula is C22H17Cl2N5O3S. The van der Waals surface area contributed by atoms with Crippen LogP contribution in [-0.4, -0.2) is 39.3 Å². The summed E-state index contributed by atoms with van der Waals surface area (Å²) in [5.74, 6) is 0.137. The number of para-hydroxylation sites is 2. The summed E-state index contributed by atoms with van der Waals surface area (Å²) in [6.45, 7) is 0. The summed E-state index contributed by atoms with van der Waals surface area (Å²) in [6, 6.07) is 15.3. The Hall–Kier alpha value is -3.27. The van der Waals surface area contributed by atoms with Crippen molar-refractivity contribution in [2.24, 2.45) is 0 Å². The molecule has 0 radical (unpaired) electrons. The molecule has 4 aromatic rings. The number of ether oxygens (including phenoxy) is 1. The minimum Gasteiger partial charge on any atom is -0.495 e. The number of hydrogen-bond acceptors (Lipinski definition) is 6. The lowest BCUT2D eigenvalue weighted by molar-refractivity contribution is -0.113. The molecule has 0 unspecified atom stereocenters. The monoisotopic (exact) mass is 501 g/mol. The number of carbonyl (C=O) groups is 2. The maximum atomic E-state index is 12.5. The van der Waals surface area contributed by atoms with Crippen molar-refractivity contribution in [2.75, 3.05) is 23.5 Å². The molecule has 2 amide bonds. The molecule has 2 heterocycles. The van der Waals surface area contributed by atoms with Crippen LogP contribution in [0.3, 0.4) is 0 Å². The van der Waals surface area contributed by atoms with Crippen LogP contribution in [0.15, 0.2) is 66.0 Å². The van der Waals surface area contributed by atoms with Gasteiger partial charge in [0.15, 0.2) is 10.8 Å². The number of halogens is 2. The molecule has 0 saturated carbocycles. The maximum absolute atomic E-state index is 12.5. The summed E-state index contributed by atoms with van der Waals surface area (Å²) in [6.07, 6.45) is 1.64. The molecule has 0 aliphatic heterocycles. The van der Waals surface area contributed by atoms with Gasteiger partial charge in [-0.2, -0.15) is 0 Å². The van der Waals surface area contributed by atoms with E-state index in [-0.39, 0.29) is 17.6 Å². The number of nitrogens with one attached hydrogen (secondary N) is 2. The molecular weight excluding hydrogens is 485 g/mol. The summed E-state index contributed by atoms with van der Waals surface area (Å²) >= 11 is 13.3. The lowest BCUT2D eigenvalue weighted by Crippen LogP contribution is -2.15. The van der Waals surface area contributed by atoms with Crippen molar-refractivity contribution in [1.82, 2.24) is 14.6 Å². The summed E-state index contributed by atoms with van der Waals surface area (Å²) < 4.78 is 6.88. The minimum atomic E-state index is -0.288. The van der Waals surface area contributed by atoms with Crippen LogP contribution in [0.5, 0.6) is 5.75 Å². The van der Waals surface area contributed by atoms with Crippen molar-refractivity contribution < 1.29 is 14.3 Å². The first kappa shape index (κ1) is 22.9. The zero-order valence-electron chi connectivity index (χ0n) is 17.2. The first-order valence-corrected chi connectivity index (χ1v) is 11.4. The van der Waals surface area contributed by atoms with Crippen LogP contribution >= 0.6 is 35.0 Å². The number of methoxy groups -OCH3 is 1. The average Bonchev–Trinajstić information content (AvgIpc) is 3.21. The highest BCUT2D eigenvalue weighted by molar-refractivity contribution is 7.99. The maximum Gasteiger partial charge on any atom is 0.255 e. The van der Waals surface area contributed by atoms with Crippen LogP contribution in [0, 0.1) is 0 Å². The topological polar surface area (TPSA) is 97.6 Å². The largest absolute Gasteiger partial charge is 0.495 e. The van der Waals surface area contributed by atoms with Crippen LogP contribution in [-0.2, 0) is 4.79 Å². The van der Waals surface area contributed by atoms with E-state index in [2.05, 4.69) is 20.8 Å². The van der Waals surface area contributed by atoms with E-state index >= 15 is 0 Å². The molecule has 33 heavy (non-hydrogen) atoms. The van der Waals surface area contributed by atoms with Gasteiger partial charge in [-0.15, -0.1) is 10.2 Å². The number of amides is 2. The Bertz CT molecular complexity index is 1330. The van der Waals surface area contributed by atoms with Gasteiger partial charge in [0.2, 0.25) is 5.91 Å². The van der Waals surface area contributed by atoms with Crippen LogP contribution in [0.2, 0.25) is 10.0 Å². The van der Waals surface area contributed by atoms with E-state index < -0.39 is 0 Å². The zero-order valence-corrected chi connectivity index (χ0v) is 19.5. The number of anilines is 2. The first-order valence-electron chi connectivity index (χ1n) is 9.61. The van der Waals surface area contributed by atoms with Gasteiger partial charge in [0, 0.05) is 17.4 Å². The van der Waals surface area contributed by atoms with Gasteiger partial charge >= 0.3 is 0 Å². The smallest absolute Gasteiger partial charge is 0.255 e. The Morgan fingerprint density at radius 1 is 1.06 bits per heavy atom. The molecule has 8 nitrogen and oxygen atoms in total. The predicted molar refractivity (Wildman–Crippen MR) is 130 cm³/mol. The van der Waals surface area contributed by atoms with E-state index in [9.17, 15) is 9.59 Å². The molecule has 0 bridgehead atoms. The number of nitrogens with zero attached hydrogens (tertiary/aromatic N) is 3. The van der Waals surface area contributed by atoms with Gasteiger partial charge in [0.1, 0.15) is 5.75 Å². The lowest BCUT2D eigenvalue weighted by atomic mass is 10.2. The summed E-state index contributed by atoms with van der Waals surface area (Å²) in [4.78, 5) is 24.9. The summed E-state index contributed by atoms with van der Waals surface area (Å²) in [5.41, 5.74) is 2.04. The fraction of sp³-hybridized carbons (Fsp3) is 0.0909. The second-order valence-corrected chi connectivity index (χ2v) is 8.54. The highest BCUT2D eigenvalue weighted by atomic mass is 35.5. The summed E-state index contributed by atoms with van der Waals surface area (Å²) in [5, 5.41) is 15.0. The molecule has 2 N–H and O–H groups in total. The third-order valence-corrected chi connectivity index (χ3v) is 5.94. The van der Waals surface area contributed by atoms with Crippen molar-refractivity contribution in [1.29, 1.82) is 0 Å². The number of thioether (sulfide) groups is 1. The molecule has 2 aromatic heterocycles. The summed E-state index contributed by atoms with van der Waals surface area (Å²) in [7, 11) is 1.54. The van der Waals surface area contributed by atoms with E-state index in [4.69, 9.17) is 27.9 Å². The molecule has 0 atom stereocenters. The third kappa shape index (κ3) is 5.39.